The Bertz CT molecular complexity index is 570. The minimum absolute atomic E-state index is 0.00533. The quantitative estimate of drug-likeness (QED) is 0.929. The van der Waals surface area contributed by atoms with E-state index in [1.807, 2.05) is 13.8 Å². The van der Waals surface area contributed by atoms with Crippen molar-refractivity contribution in [1.29, 1.82) is 0 Å². The van der Waals surface area contributed by atoms with E-state index in [4.69, 9.17) is 16.3 Å². The maximum atomic E-state index is 12.8. The molecule has 1 fully saturated rings. The maximum Gasteiger partial charge on any atom is 0.253 e. The van der Waals surface area contributed by atoms with Gasteiger partial charge in [-0.3, -0.25) is 9.59 Å². The Labute approximate surface area is 129 Å². The zero-order chi connectivity index (χ0) is 15.6. The molecular weight excluding hydrogens is 292 g/mol. The van der Waals surface area contributed by atoms with Crippen LogP contribution in [0, 0.1) is 0 Å². The fourth-order valence-corrected chi connectivity index (χ4v) is 2.78. The van der Waals surface area contributed by atoms with E-state index >= 15 is 0 Å². The molecule has 1 aliphatic rings. The number of nitrogens with zero attached hydrogens (tertiary/aromatic N) is 1. The molecule has 0 bridgehead atoms. The Morgan fingerprint density at radius 2 is 2.00 bits per heavy atom. The first-order chi connectivity index (χ1) is 9.97. The van der Waals surface area contributed by atoms with Crippen LogP contribution in [0.5, 0.6) is 5.75 Å². The van der Waals surface area contributed by atoms with Gasteiger partial charge in [-0.2, -0.15) is 0 Å². The minimum Gasteiger partial charge on any atom is -0.495 e. The lowest BCUT2D eigenvalue weighted by atomic mass is 9.88. The third-order valence-corrected chi connectivity index (χ3v) is 4.30. The lowest BCUT2D eigenvalue weighted by Crippen LogP contribution is -2.66. The molecule has 1 aliphatic heterocycles. The Kier molecular flexibility index (Phi) is 4.42. The molecule has 0 spiro atoms. The first kappa shape index (κ1) is 15.6. The number of carbonyl (C=O) groups excluding carboxylic acids is 2. The molecular formula is C15H19ClN2O3. The number of rotatable bonds is 4. The number of methoxy groups -OCH3 is 1. The van der Waals surface area contributed by atoms with E-state index in [0.717, 1.165) is 0 Å². The minimum atomic E-state index is -0.831. The Hall–Kier alpha value is -1.75. The molecule has 114 valence electrons. The van der Waals surface area contributed by atoms with Crippen molar-refractivity contribution in [3.8, 4) is 5.75 Å². The summed E-state index contributed by atoms with van der Waals surface area (Å²) >= 11 is 6.00. The predicted molar refractivity (Wildman–Crippen MR) is 81.8 cm³/mol. The highest BCUT2D eigenvalue weighted by molar-refractivity contribution is 6.32. The van der Waals surface area contributed by atoms with Crippen molar-refractivity contribution < 1.29 is 14.3 Å². The van der Waals surface area contributed by atoms with Crippen molar-refractivity contribution >= 4 is 29.1 Å². The lowest BCUT2D eigenvalue weighted by Gasteiger charge is -2.41. The molecule has 6 heteroatoms. The number of anilines is 1. The number of piperazine rings is 1. The molecule has 2 rings (SSSR count). The number of hydrogen-bond donors (Lipinski definition) is 1. The lowest BCUT2D eigenvalue weighted by molar-refractivity contribution is -0.136. The van der Waals surface area contributed by atoms with Crippen LogP contribution in [-0.2, 0) is 9.59 Å². The number of carbonyl (C=O) groups is 2. The predicted octanol–water partition coefficient (Wildman–Crippen LogP) is 2.37. The van der Waals surface area contributed by atoms with Crippen molar-refractivity contribution in [2.24, 2.45) is 0 Å². The molecule has 1 aromatic carbocycles. The van der Waals surface area contributed by atoms with Gasteiger partial charge in [-0.05, 0) is 25.0 Å². The van der Waals surface area contributed by atoms with Gasteiger partial charge in [0.25, 0.3) is 5.91 Å². The van der Waals surface area contributed by atoms with Crippen LogP contribution in [0.25, 0.3) is 0 Å². The summed E-state index contributed by atoms with van der Waals surface area (Å²) in [5, 5.41) is 3.30. The number of nitrogens with one attached hydrogen (secondary N) is 1. The van der Waals surface area contributed by atoms with E-state index in [1.54, 1.807) is 18.2 Å². The standard InChI is InChI=1S/C15H19ClN2O3/c1-4-15(5-2)14(20)18(9-13(19)17-15)10-6-7-11(16)12(8-10)21-3/h6-8H,4-5,9H2,1-3H3,(H,17,19). The molecule has 0 saturated carbocycles. The van der Waals surface area contributed by atoms with Crippen molar-refractivity contribution in [2.45, 2.75) is 32.2 Å². The Balaban J connectivity index is 2.42. The second-order valence-electron chi connectivity index (χ2n) is 5.05. The van der Waals surface area contributed by atoms with E-state index in [-0.39, 0.29) is 18.4 Å². The Morgan fingerprint density at radius 1 is 1.33 bits per heavy atom. The summed E-state index contributed by atoms with van der Waals surface area (Å²) in [7, 11) is 1.51. The second kappa shape index (κ2) is 5.93. The molecule has 5 nitrogen and oxygen atoms in total. The van der Waals surface area contributed by atoms with Crippen molar-refractivity contribution in [3.63, 3.8) is 0 Å². The van der Waals surface area contributed by atoms with Gasteiger partial charge < -0.3 is 15.0 Å². The highest BCUT2D eigenvalue weighted by Gasteiger charge is 2.44. The molecule has 0 unspecified atom stereocenters. The molecule has 1 N–H and O–H groups in total. The van der Waals surface area contributed by atoms with E-state index in [9.17, 15) is 9.59 Å². The number of hydrogen-bond acceptors (Lipinski definition) is 3. The summed E-state index contributed by atoms with van der Waals surface area (Å²) < 4.78 is 5.17. The summed E-state index contributed by atoms with van der Waals surface area (Å²) in [6, 6.07) is 5.06. The molecule has 1 saturated heterocycles. The van der Waals surface area contributed by atoms with Crippen LogP contribution in [0.1, 0.15) is 26.7 Å². The zero-order valence-corrected chi connectivity index (χ0v) is 13.2. The third-order valence-electron chi connectivity index (χ3n) is 3.99. The number of benzene rings is 1. The smallest absolute Gasteiger partial charge is 0.253 e. The third kappa shape index (κ3) is 2.70. The van der Waals surface area contributed by atoms with Gasteiger partial charge in [0.05, 0.1) is 12.1 Å². The van der Waals surface area contributed by atoms with Crippen molar-refractivity contribution in [3.05, 3.63) is 23.2 Å². The van der Waals surface area contributed by atoms with E-state index in [0.29, 0.717) is 29.3 Å². The van der Waals surface area contributed by atoms with E-state index in [1.165, 1.54) is 12.0 Å². The van der Waals surface area contributed by atoms with Crippen LogP contribution in [0.4, 0.5) is 5.69 Å². The molecule has 0 atom stereocenters. The number of halogens is 1. The summed E-state index contributed by atoms with van der Waals surface area (Å²) in [5.74, 6) is 0.218. The van der Waals surface area contributed by atoms with Gasteiger partial charge >= 0.3 is 0 Å². The first-order valence-electron chi connectivity index (χ1n) is 6.94. The monoisotopic (exact) mass is 310 g/mol. The highest BCUT2D eigenvalue weighted by atomic mass is 35.5. The SMILES string of the molecule is CCC1(CC)NC(=O)CN(c2ccc(Cl)c(OC)c2)C1=O. The van der Waals surface area contributed by atoms with Crippen LogP contribution < -0.4 is 15.0 Å². The van der Waals surface area contributed by atoms with Gasteiger partial charge in [0, 0.05) is 11.8 Å². The number of amides is 2. The number of ether oxygens (including phenoxy) is 1. The summed E-state index contributed by atoms with van der Waals surface area (Å²) in [4.78, 5) is 26.3. The van der Waals surface area contributed by atoms with Crippen LogP contribution in [0.15, 0.2) is 18.2 Å². The molecule has 21 heavy (non-hydrogen) atoms. The maximum absolute atomic E-state index is 12.8. The van der Waals surface area contributed by atoms with Crippen LogP contribution in [0.3, 0.4) is 0 Å². The fourth-order valence-electron chi connectivity index (χ4n) is 2.59. The average molecular weight is 311 g/mol. The summed E-state index contributed by atoms with van der Waals surface area (Å²) in [5.41, 5.74) is -0.218. The second-order valence-corrected chi connectivity index (χ2v) is 5.45. The van der Waals surface area contributed by atoms with Gasteiger partial charge in [0.15, 0.2) is 0 Å². The highest BCUT2D eigenvalue weighted by Crippen LogP contribution is 2.32. The van der Waals surface area contributed by atoms with E-state index < -0.39 is 5.54 Å². The molecule has 1 aromatic rings. The molecule has 0 aliphatic carbocycles. The van der Waals surface area contributed by atoms with Crippen LogP contribution >= 0.6 is 11.6 Å². The topological polar surface area (TPSA) is 58.6 Å². The first-order valence-corrected chi connectivity index (χ1v) is 7.31. The van der Waals surface area contributed by atoms with Gasteiger partial charge in [0.1, 0.15) is 17.8 Å². The molecule has 0 radical (unpaired) electrons. The largest absolute Gasteiger partial charge is 0.495 e. The van der Waals surface area contributed by atoms with Crippen LogP contribution in [-0.4, -0.2) is 31.0 Å². The Morgan fingerprint density at radius 3 is 2.57 bits per heavy atom. The van der Waals surface area contributed by atoms with Gasteiger partial charge in [-0.1, -0.05) is 25.4 Å². The summed E-state index contributed by atoms with van der Waals surface area (Å²) in [6.07, 6.45) is 1.10. The average Bonchev–Trinajstić information content (AvgIpc) is 2.50. The zero-order valence-electron chi connectivity index (χ0n) is 12.4. The summed E-state index contributed by atoms with van der Waals surface area (Å²) in [6.45, 7) is 3.80. The van der Waals surface area contributed by atoms with Crippen LogP contribution in [0.2, 0.25) is 5.02 Å². The van der Waals surface area contributed by atoms with Gasteiger partial charge in [-0.25, -0.2) is 0 Å². The fraction of sp³-hybridized carbons (Fsp3) is 0.467. The normalized spacial score (nSPS) is 17.6. The van der Waals surface area contributed by atoms with Crippen molar-refractivity contribution in [1.82, 2.24) is 5.32 Å². The van der Waals surface area contributed by atoms with Gasteiger partial charge in [0.2, 0.25) is 5.91 Å². The molecule has 2 amide bonds. The van der Waals surface area contributed by atoms with Gasteiger partial charge in [-0.15, -0.1) is 0 Å². The van der Waals surface area contributed by atoms with Crippen molar-refractivity contribution in [2.75, 3.05) is 18.6 Å². The molecule has 0 aromatic heterocycles. The molecule has 1 heterocycles. The van der Waals surface area contributed by atoms with E-state index in [2.05, 4.69) is 5.32 Å².